The Morgan fingerprint density at radius 2 is 2.10 bits per heavy atom. The molecule has 0 saturated carbocycles. The van der Waals surface area contributed by atoms with Crippen LogP contribution in [-0.2, 0) is 22.5 Å². The zero-order chi connectivity index (χ0) is 15.3. The van der Waals surface area contributed by atoms with Gasteiger partial charge < -0.3 is 10.5 Å². The minimum atomic E-state index is -4.47. The Kier molecular flexibility index (Phi) is 5.42. The number of hydrogen-bond donors (Lipinski definition) is 1. The molecule has 0 spiro atoms. The Hall–Kier alpha value is -1.72. The standard InChI is InChI=1S/C12H11F3N2O2S/c1-19-11(18)4-7-2-9(6-17)10(3-8(7)5-16)20-12(13,14)15/h2-3H,4,6,17H2,1H3. The van der Waals surface area contributed by atoms with Gasteiger partial charge in [-0.05, 0) is 29.0 Å². The van der Waals surface area contributed by atoms with Crippen LogP contribution in [0, 0.1) is 11.3 Å². The minimum Gasteiger partial charge on any atom is -0.469 e. The second-order valence-corrected chi connectivity index (χ2v) is 4.84. The van der Waals surface area contributed by atoms with Crippen LogP contribution in [0.15, 0.2) is 17.0 Å². The maximum absolute atomic E-state index is 12.4. The van der Waals surface area contributed by atoms with Gasteiger partial charge in [-0.15, -0.1) is 0 Å². The molecule has 1 aromatic carbocycles. The van der Waals surface area contributed by atoms with Gasteiger partial charge in [-0.1, -0.05) is 6.07 Å². The third-order valence-electron chi connectivity index (χ3n) is 2.41. The van der Waals surface area contributed by atoms with Gasteiger partial charge in [0.25, 0.3) is 0 Å². The number of hydrogen-bond acceptors (Lipinski definition) is 5. The molecule has 0 heterocycles. The van der Waals surface area contributed by atoms with E-state index in [1.807, 2.05) is 0 Å². The van der Waals surface area contributed by atoms with Gasteiger partial charge in [0.1, 0.15) is 0 Å². The first-order valence-corrected chi connectivity index (χ1v) is 6.21. The first kappa shape index (κ1) is 16.3. The van der Waals surface area contributed by atoms with E-state index in [9.17, 15) is 18.0 Å². The average Bonchev–Trinajstić information content (AvgIpc) is 2.37. The van der Waals surface area contributed by atoms with Crippen LogP contribution < -0.4 is 5.73 Å². The number of carbonyl (C=O) groups is 1. The van der Waals surface area contributed by atoms with Crippen molar-refractivity contribution in [3.8, 4) is 6.07 Å². The molecular formula is C12H11F3N2O2S. The normalized spacial score (nSPS) is 11.0. The number of nitriles is 1. The summed E-state index contributed by atoms with van der Waals surface area (Å²) in [6.07, 6.45) is -0.191. The summed E-state index contributed by atoms with van der Waals surface area (Å²) >= 11 is -0.332. The Morgan fingerprint density at radius 1 is 1.45 bits per heavy atom. The molecule has 20 heavy (non-hydrogen) atoms. The summed E-state index contributed by atoms with van der Waals surface area (Å²) in [6, 6.07) is 4.21. The lowest BCUT2D eigenvalue weighted by Gasteiger charge is -2.13. The van der Waals surface area contributed by atoms with Crippen LogP contribution in [0.25, 0.3) is 0 Å². The van der Waals surface area contributed by atoms with Crippen molar-refractivity contribution in [2.45, 2.75) is 23.4 Å². The van der Waals surface area contributed by atoms with E-state index in [0.717, 1.165) is 6.07 Å². The number of benzene rings is 1. The minimum absolute atomic E-state index is 0.000602. The molecular weight excluding hydrogens is 293 g/mol. The van der Waals surface area contributed by atoms with Crippen molar-refractivity contribution in [1.82, 2.24) is 0 Å². The van der Waals surface area contributed by atoms with Crippen LogP contribution >= 0.6 is 11.8 Å². The zero-order valence-electron chi connectivity index (χ0n) is 10.5. The lowest BCUT2D eigenvalue weighted by Crippen LogP contribution is -2.10. The van der Waals surface area contributed by atoms with Gasteiger partial charge in [-0.25, -0.2) is 0 Å². The Bertz CT molecular complexity index is 553. The maximum atomic E-state index is 12.4. The molecule has 108 valence electrons. The fraction of sp³-hybridized carbons (Fsp3) is 0.333. The number of esters is 1. The molecule has 0 saturated heterocycles. The molecule has 8 heteroatoms. The van der Waals surface area contributed by atoms with Gasteiger partial charge in [0, 0.05) is 11.4 Å². The summed E-state index contributed by atoms with van der Waals surface area (Å²) in [7, 11) is 1.19. The van der Waals surface area contributed by atoms with Crippen molar-refractivity contribution >= 4 is 17.7 Å². The number of carbonyl (C=O) groups excluding carboxylic acids is 1. The van der Waals surface area contributed by atoms with E-state index in [2.05, 4.69) is 4.74 Å². The van der Waals surface area contributed by atoms with Crippen molar-refractivity contribution < 1.29 is 22.7 Å². The molecule has 0 atom stereocenters. The van der Waals surface area contributed by atoms with E-state index >= 15 is 0 Å². The van der Waals surface area contributed by atoms with E-state index in [1.165, 1.54) is 13.2 Å². The van der Waals surface area contributed by atoms with E-state index < -0.39 is 11.5 Å². The Balaban J connectivity index is 3.24. The molecule has 1 rings (SSSR count). The van der Waals surface area contributed by atoms with Crippen LogP contribution in [-0.4, -0.2) is 18.6 Å². The van der Waals surface area contributed by atoms with Crippen LogP contribution in [0.5, 0.6) is 0 Å². The maximum Gasteiger partial charge on any atom is 0.446 e. The molecule has 0 aromatic heterocycles. The summed E-state index contributed by atoms with van der Waals surface area (Å²) < 4.78 is 41.7. The summed E-state index contributed by atoms with van der Waals surface area (Å²) in [5, 5.41) is 8.97. The molecule has 0 radical (unpaired) electrons. The Labute approximate surface area is 117 Å². The predicted octanol–water partition coefficient (Wildman–Crippen LogP) is 2.34. The fourth-order valence-corrected chi connectivity index (χ4v) is 2.23. The molecule has 2 N–H and O–H groups in total. The third-order valence-corrected chi connectivity index (χ3v) is 3.25. The highest BCUT2D eigenvalue weighted by molar-refractivity contribution is 8.00. The molecule has 0 bridgehead atoms. The highest BCUT2D eigenvalue weighted by atomic mass is 32.2. The van der Waals surface area contributed by atoms with E-state index in [0.29, 0.717) is 5.56 Å². The van der Waals surface area contributed by atoms with Gasteiger partial charge in [-0.2, -0.15) is 18.4 Å². The van der Waals surface area contributed by atoms with Gasteiger partial charge in [0.05, 0.1) is 25.2 Å². The summed E-state index contributed by atoms with van der Waals surface area (Å²) in [6.45, 7) is -0.127. The Morgan fingerprint density at radius 3 is 2.55 bits per heavy atom. The van der Waals surface area contributed by atoms with Gasteiger partial charge in [0.15, 0.2) is 0 Å². The predicted molar refractivity (Wildman–Crippen MR) is 66.7 cm³/mol. The van der Waals surface area contributed by atoms with Crippen molar-refractivity contribution in [2.75, 3.05) is 7.11 Å². The van der Waals surface area contributed by atoms with Crippen molar-refractivity contribution in [3.05, 3.63) is 28.8 Å². The van der Waals surface area contributed by atoms with Gasteiger partial charge in [-0.3, -0.25) is 4.79 Å². The molecule has 0 fully saturated rings. The monoisotopic (exact) mass is 304 g/mol. The second kappa shape index (κ2) is 6.63. The number of nitrogens with zero attached hydrogens (tertiary/aromatic N) is 1. The highest BCUT2D eigenvalue weighted by Crippen LogP contribution is 2.39. The SMILES string of the molecule is COC(=O)Cc1cc(CN)c(SC(F)(F)F)cc1C#N. The number of halogens is 3. The summed E-state index contributed by atoms with van der Waals surface area (Å²) in [5.74, 6) is -0.583. The van der Waals surface area contributed by atoms with E-state index in [-0.39, 0.29) is 40.7 Å². The van der Waals surface area contributed by atoms with Crippen LogP contribution in [0.1, 0.15) is 16.7 Å². The molecule has 0 amide bonds. The lowest BCUT2D eigenvalue weighted by atomic mass is 10.0. The molecule has 1 aromatic rings. The number of thioether (sulfide) groups is 1. The molecule has 0 unspecified atom stereocenters. The number of ether oxygens (including phenoxy) is 1. The largest absolute Gasteiger partial charge is 0.469 e. The second-order valence-electron chi connectivity index (χ2n) is 3.73. The molecule has 0 aliphatic heterocycles. The molecule has 0 aliphatic rings. The number of rotatable bonds is 4. The van der Waals surface area contributed by atoms with Gasteiger partial charge >= 0.3 is 11.5 Å². The van der Waals surface area contributed by atoms with E-state index in [4.69, 9.17) is 11.0 Å². The van der Waals surface area contributed by atoms with Crippen molar-refractivity contribution in [1.29, 1.82) is 5.26 Å². The molecule has 0 aliphatic carbocycles. The number of nitrogens with two attached hydrogens (primary N) is 1. The molecule has 4 nitrogen and oxygen atoms in total. The summed E-state index contributed by atoms with van der Waals surface area (Å²) in [4.78, 5) is 11.1. The van der Waals surface area contributed by atoms with Gasteiger partial charge in [0.2, 0.25) is 0 Å². The first-order chi connectivity index (χ1) is 9.30. The van der Waals surface area contributed by atoms with Crippen LogP contribution in [0.3, 0.4) is 0 Å². The topological polar surface area (TPSA) is 76.1 Å². The van der Waals surface area contributed by atoms with Crippen LogP contribution in [0.2, 0.25) is 0 Å². The third kappa shape index (κ3) is 4.43. The zero-order valence-corrected chi connectivity index (χ0v) is 11.3. The average molecular weight is 304 g/mol. The quantitative estimate of drug-likeness (QED) is 0.682. The first-order valence-electron chi connectivity index (χ1n) is 5.39. The van der Waals surface area contributed by atoms with E-state index in [1.54, 1.807) is 6.07 Å². The van der Waals surface area contributed by atoms with Crippen molar-refractivity contribution in [2.24, 2.45) is 5.73 Å². The lowest BCUT2D eigenvalue weighted by molar-refractivity contribution is -0.139. The van der Waals surface area contributed by atoms with Crippen molar-refractivity contribution in [3.63, 3.8) is 0 Å². The summed E-state index contributed by atoms with van der Waals surface area (Å²) in [5.41, 5.74) is 1.47. The van der Waals surface area contributed by atoms with Crippen LogP contribution in [0.4, 0.5) is 13.2 Å². The number of methoxy groups -OCH3 is 1. The highest BCUT2D eigenvalue weighted by Gasteiger charge is 2.30. The smallest absolute Gasteiger partial charge is 0.446 e. The number of alkyl halides is 3. The fourth-order valence-electron chi connectivity index (χ4n) is 1.53.